The molecule has 0 saturated carbocycles. The van der Waals surface area contributed by atoms with Crippen molar-refractivity contribution in [2.45, 2.75) is 131 Å². The molecule has 8 heterocycles. The molecule has 2 aliphatic rings. The van der Waals surface area contributed by atoms with Crippen LogP contribution >= 0.6 is 0 Å². The summed E-state index contributed by atoms with van der Waals surface area (Å²) < 4.78 is 47.6. The summed E-state index contributed by atoms with van der Waals surface area (Å²) in [5.41, 5.74) is 8.26. The van der Waals surface area contributed by atoms with Gasteiger partial charge in [0.05, 0.1) is 43.5 Å². The molecule has 6 aromatic rings. The number of likely N-dealkylation sites (N-methyl/N-ethyl adjacent to an activating group) is 2. The van der Waals surface area contributed by atoms with Gasteiger partial charge < -0.3 is 39.7 Å². The Labute approximate surface area is 482 Å². The number of hydrogen-bond acceptors (Lipinski definition) is 19. The number of anilines is 2. The van der Waals surface area contributed by atoms with Crippen LogP contribution in [0.5, 0.6) is 0 Å². The van der Waals surface area contributed by atoms with E-state index in [4.69, 9.17) is 24.3 Å². The fourth-order valence-electron chi connectivity index (χ4n) is 9.16. The van der Waals surface area contributed by atoms with Gasteiger partial charge in [-0.25, -0.2) is 57.0 Å². The van der Waals surface area contributed by atoms with Crippen molar-refractivity contribution >= 4 is 47.1 Å². The predicted molar refractivity (Wildman–Crippen MR) is 291 cm³/mol. The number of amides is 2. The number of aliphatic hydroxyl groups is 1. The first-order valence-electron chi connectivity index (χ1n) is 26.6. The Hall–Kier alpha value is -7.08. The SMILES string of the molecule is CCN(CCc1ncc(F)cc1C1CCCN1c1ccn2ncc(C(=O)O)c2n1)NC(=O)OC(C)(C)C.CCO.CCOC(=O)c1cnn2ccc(N3CCCC3c3cc(F)cnc3CCN(CC)NC(=O)OC(C)(C)C)nc12.[Li+].[OH-]. The van der Waals surface area contributed by atoms with Gasteiger partial charge in [-0.3, -0.25) is 20.8 Å². The molecule has 2 unspecified atom stereocenters. The molecular formula is C54H75F2LiN14O10. The molecule has 2 atom stereocenters. The third-order valence-corrected chi connectivity index (χ3v) is 12.5. The third-order valence-electron chi connectivity index (χ3n) is 12.5. The Balaban J connectivity index is 0.000000325. The molecule has 0 bridgehead atoms. The number of fused-ring (bicyclic) bond motifs is 2. The first-order chi connectivity index (χ1) is 37.6. The molecule has 2 fully saturated rings. The molecule has 0 aromatic carbocycles. The number of carbonyl (C=O) groups excluding carboxylic acids is 3. The van der Waals surface area contributed by atoms with E-state index >= 15 is 0 Å². The van der Waals surface area contributed by atoms with Gasteiger partial charge in [0.25, 0.3) is 0 Å². The topological polar surface area (TPSA) is 290 Å². The number of hydrogen-bond donors (Lipinski definition) is 4. The minimum absolute atomic E-state index is 0. The number of halogens is 2. The smallest absolute Gasteiger partial charge is 0.870 e. The minimum atomic E-state index is -1.10. The van der Waals surface area contributed by atoms with E-state index in [1.165, 1.54) is 46.0 Å². The molecule has 0 aliphatic carbocycles. The van der Waals surface area contributed by atoms with Gasteiger partial charge in [0.1, 0.15) is 45.6 Å². The predicted octanol–water partition coefficient (Wildman–Crippen LogP) is 4.52. The molecule has 436 valence electrons. The summed E-state index contributed by atoms with van der Waals surface area (Å²) in [6.45, 7) is 22.0. The van der Waals surface area contributed by atoms with E-state index < -0.39 is 47.0 Å². The zero-order valence-electron chi connectivity index (χ0n) is 48.1. The molecule has 8 rings (SSSR count). The van der Waals surface area contributed by atoms with E-state index in [1.54, 1.807) is 63.1 Å². The number of ether oxygens (including phenoxy) is 3. The van der Waals surface area contributed by atoms with Crippen molar-refractivity contribution in [3.05, 3.63) is 107 Å². The summed E-state index contributed by atoms with van der Waals surface area (Å²) in [6.07, 6.45) is 11.8. The van der Waals surface area contributed by atoms with Gasteiger partial charge in [0.2, 0.25) is 0 Å². The average Bonchev–Trinajstić information content (AvgIpc) is 4.44. The zero-order valence-corrected chi connectivity index (χ0v) is 48.1. The standard InChI is InChI=1S/C27H36FN7O4.C25H32FN7O4.C2H6O.Li.H2O/c1-6-33(32-26(37)39-27(3,4)5)13-10-21-19(15-18(28)16-29-21)22-9-8-12-34(22)23-11-14-35-24(31-23)20(17-30-35)25(36)38-7-2;1-5-31(30-24(36)37-25(2,3)4)11-8-19-17(13-16(26)14-27-19)20-7-6-10-32(20)21-9-12-33-22(29-21)18(15-28-33)23(34)35;1-2-3;;/h11,14-17,22H,6-10,12-13H2,1-5H3,(H,32,37);9,12-15,20H,5-8,10-11H2,1-4H3,(H,30,36)(H,34,35);3H,2H2,1H3;;1H2/q;;;+1;/p-1. The van der Waals surface area contributed by atoms with Gasteiger partial charge in [0, 0.05) is 82.5 Å². The number of carbonyl (C=O) groups is 4. The maximum Gasteiger partial charge on any atom is 1.00 e. The summed E-state index contributed by atoms with van der Waals surface area (Å²) in [5, 5.41) is 28.8. The van der Waals surface area contributed by atoms with E-state index in [1.807, 2.05) is 40.7 Å². The first-order valence-corrected chi connectivity index (χ1v) is 26.6. The summed E-state index contributed by atoms with van der Waals surface area (Å²) in [4.78, 5) is 70.7. The quantitative estimate of drug-likeness (QED) is 0.0423. The van der Waals surface area contributed by atoms with Gasteiger partial charge in [-0.2, -0.15) is 10.2 Å². The van der Waals surface area contributed by atoms with E-state index in [2.05, 4.69) is 45.8 Å². The van der Waals surface area contributed by atoms with Gasteiger partial charge in [-0.05, 0) is 116 Å². The number of hydrazine groups is 2. The molecule has 2 amide bonds. The fraction of sp³-hybridized carbons (Fsp3) is 0.519. The number of aromatic nitrogens is 8. The van der Waals surface area contributed by atoms with Crippen molar-refractivity contribution in [1.82, 2.24) is 60.0 Å². The van der Waals surface area contributed by atoms with Gasteiger partial charge in [-0.15, -0.1) is 0 Å². The maximum absolute atomic E-state index is 14.5. The van der Waals surface area contributed by atoms with Crippen molar-refractivity contribution in [2.24, 2.45) is 0 Å². The second-order valence-corrected chi connectivity index (χ2v) is 20.5. The number of aromatic carboxylic acids is 1. The van der Waals surface area contributed by atoms with Gasteiger partial charge in [-0.1, -0.05) is 13.8 Å². The van der Waals surface area contributed by atoms with Crippen molar-refractivity contribution < 1.29 is 76.7 Å². The first kappa shape index (κ1) is 66.4. The Morgan fingerprint density at radius 3 is 1.48 bits per heavy atom. The number of aliphatic hydroxyl groups excluding tert-OH is 1. The number of nitrogens with zero attached hydrogens (tertiary/aromatic N) is 12. The molecule has 6 aromatic heterocycles. The molecule has 81 heavy (non-hydrogen) atoms. The normalized spacial score (nSPS) is 15.0. The molecule has 24 nitrogen and oxygen atoms in total. The second kappa shape index (κ2) is 30.1. The minimum Gasteiger partial charge on any atom is -0.870 e. The molecular weight excluding hydrogens is 1050 g/mol. The molecule has 5 N–H and O–H groups in total. The second-order valence-electron chi connectivity index (χ2n) is 20.5. The largest absolute Gasteiger partial charge is 1.00 e. The number of nitrogens with one attached hydrogen (secondary N) is 2. The molecule has 2 saturated heterocycles. The Bertz CT molecular complexity index is 3050. The summed E-state index contributed by atoms with van der Waals surface area (Å²) >= 11 is 0. The van der Waals surface area contributed by atoms with Crippen molar-refractivity contribution in [3.63, 3.8) is 0 Å². The maximum atomic E-state index is 14.5. The Kier molecular flexibility index (Phi) is 24.7. The van der Waals surface area contributed by atoms with Crippen LogP contribution in [0.2, 0.25) is 0 Å². The number of carboxylic acid groups (broad SMARTS) is 1. The fourth-order valence-corrected chi connectivity index (χ4v) is 9.16. The summed E-state index contributed by atoms with van der Waals surface area (Å²) in [7, 11) is 0. The Morgan fingerprint density at radius 2 is 1.10 bits per heavy atom. The monoisotopic (exact) mass is 1120 g/mol. The van der Waals surface area contributed by atoms with Crippen LogP contribution in [0.4, 0.5) is 30.0 Å². The molecule has 0 radical (unpaired) electrons. The summed E-state index contributed by atoms with van der Waals surface area (Å²) in [5.74, 6) is -1.18. The number of esters is 1. The number of rotatable bonds is 17. The molecule has 27 heteroatoms. The van der Waals surface area contributed by atoms with Crippen molar-refractivity contribution in [3.8, 4) is 0 Å². The van der Waals surface area contributed by atoms with E-state index in [9.17, 15) is 33.1 Å². The van der Waals surface area contributed by atoms with Crippen LogP contribution in [0.25, 0.3) is 11.3 Å². The third kappa shape index (κ3) is 18.2. The van der Waals surface area contributed by atoms with E-state index in [0.717, 1.165) is 48.2 Å². The van der Waals surface area contributed by atoms with E-state index in [-0.39, 0.29) is 60.8 Å². The van der Waals surface area contributed by atoms with Crippen molar-refractivity contribution in [2.75, 3.05) is 62.3 Å². The van der Waals surface area contributed by atoms with Crippen LogP contribution < -0.4 is 39.5 Å². The average molecular weight is 1130 g/mol. The van der Waals surface area contributed by atoms with E-state index in [0.29, 0.717) is 75.0 Å². The van der Waals surface area contributed by atoms with Crippen LogP contribution in [0.3, 0.4) is 0 Å². The van der Waals surface area contributed by atoms with Crippen LogP contribution in [0.15, 0.2) is 61.4 Å². The van der Waals surface area contributed by atoms with Crippen molar-refractivity contribution in [1.29, 1.82) is 0 Å². The molecule has 2 aliphatic heterocycles. The van der Waals surface area contributed by atoms with Gasteiger partial charge >= 0.3 is 43.0 Å². The van der Waals surface area contributed by atoms with Gasteiger partial charge in [0.15, 0.2) is 11.3 Å². The van der Waals surface area contributed by atoms with Crippen LogP contribution in [0, 0.1) is 11.6 Å². The van der Waals surface area contributed by atoms with Crippen LogP contribution in [-0.2, 0) is 27.1 Å². The number of carboxylic acids is 1. The molecule has 0 spiro atoms. The summed E-state index contributed by atoms with van der Waals surface area (Å²) in [6, 6.07) is 6.32. The number of pyridine rings is 2. The van der Waals surface area contributed by atoms with Crippen LogP contribution in [-0.4, -0.2) is 153 Å². The van der Waals surface area contributed by atoms with Crippen LogP contribution in [0.1, 0.15) is 150 Å². The Morgan fingerprint density at radius 1 is 0.691 bits per heavy atom. The zero-order chi connectivity index (χ0) is 57.6.